The molecular weight excluding hydrogens is 306 g/mol. The fraction of sp³-hybridized carbons (Fsp3) is 0.625. The largest absolute Gasteiger partial charge is 0.373 e. The summed E-state index contributed by atoms with van der Waals surface area (Å²) in [4.78, 5) is 17.8. The van der Waals surface area contributed by atoms with Crippen LogP contribution in [-0.2, 0) is 11.3 Å². The molecule has 2 aromatic heterocycles. The van der Waals surface area contributed by atoms with Crippen LogP contribution >= 0.6 is 0 Å². The molecule has 0 unspecified atom stereocenters. The average molecular weight is 331 g/mol. The lowest BCUT2D eigenvalue weighted by Gasteiger charge is -2.33. The normalized spacial score (nSPS) is 18.0. The van der Waals surface area contributed by atoms with Crippen LogP contribution < -0.4 is 9.80 Å². The summed E-state index contributed by atoms with van der Waals surface area (Å²) in [5, 5.41) is 4.42. The summed E-state index contributed by atoms with van der Waals surface area (Å²) in [6.07, 6.45) is 0.0467. The second-order valence-corrected chi connectivity index (χ2v) is 6.39. The highest BCUT2D eigenvalue weighted by Crippen LogP contribution is 2.18. The molecule has 0 saturated carbocycles. The van der Waals surface area contributed by atoms with E-state index >= 15 is 0 Å². The second-order valence-electron chi connectivity index (χ2n) is 6.39. The minimum atomic E-state index is 0.0467. The number of aryl methyl sites for hydroxylation is 3. The molecular formula is C16H25N7O. The summed E-state index contributed by atoms with van der Waals surface area (Å²) in [6, 6.07) is 1.99. The van der Waals surface area contributed by atoms with Crippen molar-refractivity contribution in [1.29, 1.82) is 0 Å². The van der Waals surface area contributed by atoms with E-state index in [0.29, 0.717) is 13.2 Å². The molecule has 1 atom stereocenters. The number of aromatic nitrogens is 5. The highest BCUT2D eigenvalue weighted by atomic mass is 16.5. The zero-order valence-corrected chi connectivity index (χ0v) is 15.0. The second kappa shape index (κ2) is 6.72. The van der Waals surface area contributed by atoms with Gasteiger partial charge in [0.2, 0.25) is 5.95 Å². The van der Waals surface area contributed by atoms with Gasteiger partial charge < -0.3 is 14.5 Å². The van der Waals surface area contributed by atoms with Gasteiger partial charge in [0.1, 0.15) is 17.5 Å². The molecule has 0 aliphatic carbocycles. The predicted octanol–water partition coefficient (Wildman–Crippen LogP) is 0.965. The Morgan fingerprint density at radius 2 is 2.00 bits per heavy atom. The SMILES string of the molecule is Cc1cc(N(C)C)nc(N2CCO[C@H](Cn3nc(C)nc3C)C2)n1. The van der Waals surface area contributed by atoms with E-state index < -0.39 is 0 Å². The molecule has 130 valence electrons. The Morgan fingerprint density at radius 1 is 1.21 bits per heavy atom. The molecule has 2 aromatic rings. The molecule has 0 aromatic carbocycles. The molecule has 0 N–H and O–H groups in total. The van der Waals surface area contributed by atoms with E-state index in [-0.39, 0.29) is 6.10 Å². The number of nitrogens with zero attached hydrogens (tertiary/aromatic N) is 7. The maximum atomic E-state index is 5.91. The maximum absolute atomic E-state index is 5.91. The number of hydrogen-bond donors (Lipinski definition) is 0. The smallest absolute Gasteiger partial charge is 0.227 e. The zero-order chi connectivity index (χ0) is 17.3. The van der Waals surface area contributed by atoms with Crippen LogP contribution in [0, 0.1) is 20.8 Å². The minimum Gasteiger partial charge on any atom is -0.373 e. The van der Waals surface area contributed by atoms with Crippen molar-refractivity contribution in [2.45, 2.75) is 33.4 Å². The Kier molecular flexibility index (Phi) is 4.66. The molecule has 1 fully saturated rings. The molecule has 24 heavy (non-hydrogen) atoms. The highest BCUT2D eigenvalue weighted by molar-refractivity contribution is 5.45. The summed E-state index contributed by atoms with van der Waals surface area (Å²) < 4.78 is 7.82. The molecule has 0 radical (unpaired) electrons. The van der Waals surface area contributed by atoms with Crippen molar-refractivity contribution < 1.29 is 4.74 Å². The monoisotopic (exact) mass is 331 g/mol. The molecule has 1 saturated heterocycles. The van der Waals surface area contributed by atoms with Gasteiger partial charge in [-0.25, -0.2) is 14.6 Å². The Balaban J connectivity index is 1.75. The minimum absolute atomic E-state index is 0.0467. The standard InChI is InChI=1S/C16H25N7O/c1-11-8-15(21(4)5)19-16(17-11)22-6-7-24-14(9-22)10-23-13(3)18-12(2)20-23/h8,14H,6-7,9-10H2,1-5H3/t14-/m0/s1. The Hall–Kier alpha value is -2.22. The summed E-state index contributed by atoms with van der Waals surface area (Å²) in [5.41, 5.74) is 0.967. The zero-order valence-electron chi connectivity index (χ0n) is 15.0. The fourth-order valence-corrected chi connectivity index (χ4v) is 2.85. The third-order valence-corrected chi connectivity index (χ3v) is 4.05. The van der Waals surface area contributed by atoms with Crippen LogP contribution in [0.5, 0.6) is 0 Å². The van der Waals surface area contributed by atoms with Gasteiger partial charge in [0, 0.05) is 38.9 Å². The van der Waals surface area contributed by atoms with Crippen LogP contribution in [0.15, 0.2) is 6.07 Å². The van der Waals surface area contributed by atoms with E-state index in [0.717, 1.165) is 42.2 Å². The van der Waals surface area contributed by atoms with Crippen molar-refractivity contribution in [3.63, 3.8) is 0 Å². The number of ether oxygens (including phenoxy) is 1. The summed E-state index contributed by atoms with van der Waals surface area (Å²) >= 11 is 0. The van der Waals surface area contributed by atoms with E-state index in [9.17, 15) is 0 Å². The van der Waals surface area contributed by atoms with Crippen LogP contribution in [-0.4, -0.2) is 64.6 Å². The van der Waals surface area contributed by atoms with Gasteiger partial charge in [-0.05, 0) is 20.8 Å². The molecule has 1 aliphatic heterocycles. The molecule has 8 nitrogen and oxygen atoms in total. The van der Waals surface area contributed by atoms with Crippen LogP contribution in [0.1, 0.15) is 17.3 Å². The molecule has 1 aliphatic rings. The average Bonchev–Trinajstić information content (AvgIpc) is 2.84. The van der Waals surface area contributed by atoms with Gasteiger partial charge in [-0.3, -0.25) is 0 Å². The Morgan fingerprint density at radius 3 is 2.67 bits per heavy atom. The fourth-order valence-electron chi connectivity index (χ4n) is 2.85. The van der Waals surface area contributed by atoms with Crippen molar-refractivity contribution in [1.82, 2.24) is 24.7 Å². The van der Waals surface area contributed by atoms with Crippen molar-refractivity contribution >= 4 is 11.8 Å². The van der Waals surface area contributed by atoms with Crippen molar-refractivity contribution in [2.75, 3.05) is 43.6 Å². The first-order valence-electron chi connectivity index (χ1n) is 8.20. The van der Waals surface area contributed by atoms with Gasteiger partial charge in [0.05, 0.1) is 19.3 Å². The first-order chi connectivity index (χ1) is 11.4. The van der Waals surface area contributed by atoms with Gasteiger partial charge >= 0.3 is 0 Å². The van der Waals surface area contributed by atoms with Gasteiger partial charge in [0.25, 0.3) is 0 Å². The van der Waals surface area contributed by atoms with Crippen molar-refractivity contribution in [2.24, 2.45) is 0 Å². The van der Waals surface area contributed by atoms with Crippen molar-refractivity contribution in [3.8, 4) is 0 Å². The summed E-state index contributed by atoms with van der Waals surface area (Å²) in [5.74, 6) is 3.38. The maximum Gasteiger partial charge on any atom is 0.227 e. The van der Waals surface area contributed by atoms with E-state index in [2.05, 4.69) is 25.0 Å². The third-order valence-electron chi connectivity index (χ3n) is 4.05. The predicted molar refractivity (Wildman–Crippen MR) is 92.5 cm³/mol. The number of hydrogen-bond acceptors (Lipinski definition) is 7. The van der Waals surface area contributed by atoms with Crippen LogP contribution in [0.4, 0.5) is 11.8 Å². The van der Waals surface area contributed by atoms with E-state index in [4.69, 9.17) is 4.74 Å². The summed E-state index contributed by atoms with van der Waals surface area (Å²) in [7, 11) is 3.98. The van der Waals surface area contributed by atoms with Gasteiger partial charge in [-0.2, -0.15) is 10.1 Å². The quantitative estimate of drug-likeness (QED) is 0.826. The molecule has 3 heterocycles. The number of rotatable bonds is 4. The lowest BCUT2D eigenvalue weighted by atomic mass is 10.2. The Bertz CT molecular complexity index is 712. The first-order valence-corrected chi connectivity index (χ1v) is 8.20. The van der Waals surface area contributed by atoms with Crippen LogP contribution in [0.2, 0.25) is 0 Å². The van der Waals surface area contributed by atoms with Crippen molar-refractivity contribution in [3.05, 3.63) is 23.4 Å². The molecule has 8 heteroatoms. The lowest BCUT2D eigenvalue weighted by Crippen LogP contribution is -2.45. The lowest BCUT2D eigenvalue weighted by molar-refractivity contribution is 0.0264. The summed E-state index contributed by atoms with van der Waals surface area (Å²) in [6.45, 7) is 8.75. The third kappa shape index (κ3) is 3.64. The molecule has 0 bridgehead atoms. The first kappa shape index (κ1) is 16.6. The van der Waals surface area contributed by atoms with Gasteiger partial charge in [-0.15, -0.1) is 0 Å². The van der Waals surface area contributed by atoms with Gasteiger partial charge in [-0.1, -0.05) is 0 Å². The van der Waals surface area contributed by atoms with E-state index in [1.807, 2.05) is 50.5 Å². The molecule has 0 spiro atoms. The highest BCUT2D eigenvalue weighted by Gasteiger charge is 2.24. The van der Waals surface area contributed by atoms with Crippen LogP contribution in [0.3, 0.4) is 0 Å². The van der Waals surface area contributed by atoms with E-state index in [1.54, 1.807) is 0 Å². The molecule has 0 amide bonds. The Labute approximate surface area is 142 Å². The van der Waals surface area contributed by atoms with Gasteiger partial charge in [0.15, 0.2) is 0 Å². The van der Waals surface area contributed by atoms with E-state index in [1.165, 1.54) is 0 Å². The molecule has 3 rings (SSSR count). The number of morpholine rings is 1. The number of anilines is 2. The van der Waals surface area contributed by atoms with Crippen LogP contribution in [0.25, 0.3) is 0 Å². The topological polar surface area (TPSA) is 72.2 Å².